The van der Waals surface area contributed by atoms with Crippen LogP contribution in [-0.4, -0.2) is 39.2 Å². The average molecular weight is 449 g/mol. The van der Waals surface area contributed by atoms with Crippen LogP contribution in [-0.2, 0) is 11.2 Å². The summed E-state index contributed by atoms with van der Waals surface area (Å²) in [4.78, 5) is 9.78. The number of aromatic nitrogens is 4. The van der Waals surface area contributed by atoms with Gasteiger partial charge in [0.15, 0.2) is 0 Å². The van der Waals surface area contributed by atoms with Gasteiger partial charge in [-0.1, -0.05) is 17.3 Å². The number of nitrogens with zero attached hydrogens (tertiary/aromatic N) is 4. The minimum absolute atomic E-state index is 0.225. The molecule has 0 amide bonds. The van der Waals surface area contributed by atoms with E-state index >= 15 is 0 Å². The molecule has 1 saturated heterocycles. The van der Waals surface area contributed by atoms with Gasteiger partial charge in [-0.3, -0.25) is 4.98 Å². The van der Waals surface area contributed by atoms with E-state index in [2.05, 4.69) is 51.3 Å². The summed E-state index contributed by atoms with van der Waals surface area (Å²) in [7, 11) is 0. The van der Waals surface area contributed by atoms with Crippen molar-refractivity contribution >= 4 is 22.8 Å². The van der Waals surface area contributed by atoms with E-state index in [4.69, 9.17) is 14.2 Å². The fraction of sp³-hybridized carbons (Fsp3) is 0.400. The summed E-state index contributed by atoms with van der Waals surface area (Å²) in [5.41, 5.74) is 6.36. The lowest BCUT2D eigenvalue weighted by atomic mass is 10.0. The van der Waals surface area contributed by atoms with Crippen molar-refractivity contribution in [3.8, 4) is 11.1 Å². The molecule has 4 aromatic rings. The lowest BCUT2D eigenvalue weighted by Gasteiger charge is -2.27. The Labute approximate surface area is 192 Å². The molecule has 7 heteroatoms. The first-order valence-electron chi connectivity index (χ1n) is 11.1. The average Bonchev–Trinajstić information content (AvgIpc) is 3.37. The van der Waals surface area contributed by atoms with Crippen LogP contribution in [0.4, 0.5) is 0 Å². The van der Waals surface area contributed by atoms with Crippen molar-refractivity contribution in [1.29, 1.82) is 0 Å². The van der Waals surface area contributed by atoms with Gasteiger partial charge in [0.25, 0.3) is 0 Å². The highest BCUT2D eigenvalue weighted by Gasteiger charge is 2.27. The third-order valence-electron chi connectivity index (χ3n) is 6.29. The van der Waals surface area contributed by atoms with Gasteiger partial charge in [-0.15, -0.1) is 0 Å². The second kappa shape index (κ2) is 9.08. The van der Waals surface area contributed by atoms with Crippen molar-refractivity contribution in [2.75, 3.05) is 19.5 Å². The predicted molar refractivity (Wildman–Crippen MR) is 128 cm³/mol. The first-order valence-corrected chi connectivity index (χ1v) is 12.4. The number of hydrogen-bond donors (Lipinski definition) is 0. The molecule has 3 aromatic heterocycles. The van der Waals surface area contributed by atoms with Crippen LogP contribution in [0.2, 0.25) is 0 Å². The zero-order valence-corrected chi connectivity index (χ0v) is 19.6. The monoisotopic (exact) mass is 448 g/mol. The van der Waals surface area contributed by atoms with E-state index in [-0.39, 0.29) is 5.25 Å². The lowest BCUT2D eigenvalue weighted by Crippen LogP contribution is -2.22. The number of fused-ring (bicyclic) bond motifs is 1. The largest absolute Gasteiger partial charge is 0.381 e. The third-order valence-corrected chi connectivity index (χ3v) is 7.23. The van der Waals surface area contributed by atoms with Crippen LogP contribution in [0.5, 0.6) is 0 Å². The number of aryl methyl sites for hydroxylation is 2. The number of benzene rings is 1. The molecule has 0 aliphatic carbocycles. The second-order valence-electron chi connectivity index (χ2n) is 8.34. The van der Waals surface area contributed by atoms with Gasteiger partial charge in [0.2, 0.25) is 0 Å². The van der Waals surface area contributed by atoms with Crippen LogP contribution in [0.3, 0.4) is 0 Å². The smallest absolute Gasteiger partial charge is 0.141 e. The molecule has 0 N–H and O–H groups in total. The van der Waals surface area contributed by atoms with E-state index in [0.29, 0.717) is 6.04 Å². The summed E-state index contributed by atoms with van der Waals surface area (Å²) in [5, 5.41) is 4.36. The minimum atomic E-state index is 0.225. The summed E-state index contributed by atoms with van der Waals surface area (Å²) in [5.74, 6) is 1.96. The Morgan fingerprint density at radius 1 is 1.16 bits per heavy atom. The summed E-state index contributed by atoms with van der Waals surface area (Å²) in [6, 6.07) is 13.1. The van der Waals surface area contributed by atoms with E-state index in [1.807, 2.05) is 37.9 Å². The number of thioether (sulfide) groups is 1. The highest BCUT2D eigenvalue weighted by Crippen LogP contribution is 2.38. The summed E-state index contributed by atoms with van der Waals surface area (Å²) >= 11 is 1.84. The third kappa shape index (κ3) is 3.95. The summed E-state index contributed by atoms with van der Waals surface area (Å²) < 4.78 is 13.5. The molecule has 4 heterocycles. The molecule has 0 bridgehead atoms. The number of imidazole rings is 1. The molecule has 1 aromatic carbocycles. The normalized spacial score (nSPS) is 16.0. The van der Waals surface area contributed by atoms with Crippen molar-refractivity contribution in [2.24, 2.45) is 0 Å². The Hall–Kier alpha value is -2.64. The topological polar surface area (TPSA) is 66.0 Å². The maximum Gasteiger partial charge on any atom is 0.141 e. The van der Waals surface area contributed by atoms with Gasteiger partial charge in [0.05, 0.1) is 22.0 Å². The molecule has 5 rings (SSSR count). The molecule has 1 fully saturated rings. The van der Waals surface area contributed by atoms with Crippen LogP contribution >= 0.6 is 11.8 Å². The molecule has 166 valence electrons. The van der Waals surface area contributed by atoms with Crippen molar-refractivity contribution in [3.05, 3.63) is 65.6 Å². The Balaban J connectivity index is 1.62. The molecule has 6 nitrogen and oxygen atoms in total. The zero-order chi connectivity index (χ0) is 22.1. The Morgan fingerprint density at radius 2 is 2.00 bits per heavy atom. The molecule has 0 spiro atoms. The van der Waals surface area contributed by atoms with Crippen molar-refractivity contribution in [2.45, 2.75) is 44.4 Å². The van der Waals surface area contributed by atoms with Crippen molar-refractivity contribution in [3.63, 3.8) is 0 Å². The number of hydrogen-bond acceptors (Lipinski definition) is 6. The fourth-order valence-electron chi connectivity index (χ4n) is 4.71. The molecule has 0 radical (unpaired) electrons. The van der Waals surface area contributed by atoms with Crippen LogP contribution in [0.15, 0.2) is 47.1 Å². The predicted octanol–water partition coefficient (Wildman–Crippen LogP) is 5.70. The number of ether oxygens (including phenoxy) is 1. The first kappa shape index (κ1) is 21.2. The minimum Gasteiger partial charge on any atom is -0.381 e. The van der Waals surface area contributed by atoms with Crippen LogP contribution < -0.4 is 0 Å². The van der Waals surface area contributed by atoms with Gasteiger partial charge in [-0.25, -0.2) is 4.98 Å². The first-order chi connectivity index (χ1) is 15.7. The van der Waals surface area contributed by atoms with Gasteiger partial charge >= 0.3 is 0 Å². The maximum absolute atomic E-state index is 5.66. The lowest BCUT2D eigenvalue weighted by molar-refractivity contribution is 0.0698. The van der Waals surface area contributed by atoms with E-state index in [0.717, 1.165) is 72.1 Å². The summed E-state index contributed by atoms with van der Waals surface area (Å²) in [6.45, 7) is 5.54. The number of pyridine rings is 1. The van der Waals surface area contributed by atoms with Gasteiger partial charge in [-0.05, 0) is 62.8 Å². The van der Waals surface area contributed by atoms with E-state index in [1.165, 1.54) is 5.52 Å². The van der Waals surface area contributed by atoms with Gasteiger partial charge in [0, 0.05) is 43.1 Å². The van der Waals surface area contributed by atoms with E-state index in [1.54, 1.807) is 0 Å². The molecule has 1 aliphatic heterocycles. The fourth-order valence-corrected chi connectivity index (χ4v) is 5.43. The quantitative estimate of drug-likeness (QED) is 0.377. The van der Waals surface area contributed by atoms with Gasteiger partial charge in [0.1, 0.15) is 11.6 Å². The Bertz CT molecular complexity index is 1190. The Morgan fingerprint density at radius 3 is 2.69 bits per heavy atom. The molecule has 1 aliphatic rings. The summed E-state index contributed by atoms with van der Waals surface area (Å²) in [6.07, 6.45) is 6.90. The molecule has 1 unspecified atom stereocenters. The maximum atomic E-state index is 5.66. The van der Waals surface area contributed by atoms with Crippen LogP contribution in [0.1, 0.15) is 47.1 Å². The van der Waals surface area contributed by atoms with Gasteiger partial charge in [-0.2, -0.15) is 11.8 Å². The highest BCUT2D eigenvalue weighted by molar-refractivity contribution is 7.98. The molecule has 32 heavy (non-hydrogen) atoms. The molecule has 1 atom stereocenters. The Kier molecular flexibility index (Phi) is 6.02. The molecular formula is C25H28N4O2S. The standard InChI is InChI=1S/C25H28N4O2S/c1-16-24(17(2)31-28-16)18-7-8-22-21(14-18)27-25(29(22)20-9-12-30-13-10-20)23(32-3)15-19-6-4-5-11-26-19/h4-8,11,14,20,23H,9-10,12-13,15H2,1-3H3. The SMILES string of the molecule is CSC(Cc1ccccn1)c1nc2cc(-c3c(C)noc3C)ccc2n1C1CCOCC1. The molecular weight excluding hydrogens is 420 g/mol. The second-order valence-corrected chi connectivity index (χ2v) is 9.38. The van der Waals surface area contributed by atoms with Crippen LogP contribution in [0.25, 0.3) is 22.2 Å². The number of rotatable bonds is 6. The van der Waals surface area contributed by atoms with E-state index < -0.39 is 0 Å². The van der Waals surface area contributed by atoms with Crippen LogP contribution in [0, 0.1) is 13.8 Å². The van der Waals surface area contributed by atoms with E-state index in [9.17, 15) is 0 Å². The van der Waals surface area contributed by atoms with Crippen molar-refractivity contribution < 1.29 is 9.26 Å². The van der Waals surface area contributed by atoms with Crippen molar-refractivity contribution in [1.82, 2.24) is 19.7 Å². The zero-order valence-electron chi connectivity index (χ0n) is 18.7. The molecule has 0 saturated carbocycles. The van der Waals surface area contributed by atoms with Gasteiger partial charge < -0.3 is 13.8 Å². The highest BCUT2D eigenvalue weighted by atomic mass is 32.2.